The summed E-state index contributed by atoms with van der Waals surface area (Å²) in [6, 6.07) is 10.4. The van der Waals surface area contributed by atoms with Gasteiger partial charge < -0.3 is 20.3 Å². The van der Waals surface area contributed by atoms with Crippen LogP contribution in [-0.4, -0.2) is 37.3 Å². The second-order valence-electron chi connectivity index (χ2n) is 9.53. The van der Waals surface area contributed by atoms with Crippen molar-refractivity contribution < 1.29 is 29.3 Å². The number of ether oxygens (including phenoxy) is 1. The van der Waals surface area contributed by atoms with Crippen LogP contribution in [0.25, 0.3) is 5.69 Å². The molecule has 10 heteroatoms. The third kappa shape index (κ3) is 3.48. The first kappa shape index (κ1) is 24.8. The fraction of sp³-hybridized carbons (Fsp3) is 0.214. The Hall–Kier alpha value is -4.86. The smallest absolute Gasteiger partial charge is 0.271 e. The SMILES string of the molecule is CC(=O)c1c(O)c(C)c(O)c2c1OC1=CC(=O)C(=C(C)NCc3cc(=O)n(-c4ccccc4)[nH]3)C(=O)[C@@]12C. The minimum Gasteiger partial charge on any atom is -0.507 e. The molecule has 2 aromatic carbocycles. The van der Waals surface area contributed by atoms with Crippen molar-refractivity contribution in [3.05, 3.63) is 92.2 Å². The van der Waals surface area contributed by atoms with Gasteiger partial charge in [-0.15, -0.1) is 0 Å². The number of carbonyl (C=O) groups is 3. The Morgan fingerprint density at radius 3 is 2.45 bits per heavy atom. The number of ketones is 3. The molecule has 0 amide bonds. The summed E-state index contributed by atoms with van der Waals surface area (Å²) >= 11 is 0. The highest BCUT2D eigenvalue weighted by molar-refractivity contribution is 6.31. The lowest BCUT2D eigenvalue weighted by Gasteiger charge is -2.29. The Bertz CT molecular complexity index is 1670. The molecule has 5 rings (SSSR count). The van der Waals surface area contributed by atoms with Crippen LogP contribution in [0.15, 0.2) is 64.3 Å². The lowest BCUT2D eigenvalue weighted by atomic mass is 9.70. The summed E-state index contributed by atoms with van der Waals surface area (Å²) in [5.41, 5.74) is -0.674. The number of carbonyl (C=O) groups excluding carboxylic acids is 3. The number of aromatic hydroxyl groups is 2. The highest BCUT2D eigenvalue weighted by Gasteiger charge is 2.56. The van der Waals surface area contributed by atoms with Crippen LogP contribution in [0.5, 0.6) is 17.2 Å². The predicted octanol–water partition coefficient (Wildman–Crippen LogP) is 2.84. The van der Waals surface area contributed by atoms with Crippen molar-refractivity contribution in [3.8, 4) is 22.9 Å². The molecule has 0 saturated heterocycles. The quantitative estimate of drug-likeness (QED) is 0.230. The number of Topliss-reactive ketones (excluding diaryl/α,β-unsaturated/α-hetero) is 2. The number of allylic oxidation sites excluding steroid dienone is 4. The van der Waals surface area contributed by atoms with Crippen molar-refractivity contribution in [2.75, 3.05) is 0 Å². The summed E-state index contributed by atoms with van der Waals surface area (Å²) in [6.07, 6.45) is 1.16. The molecular weight excluding hydrogens is 490 g/mol. The molecule has 3 aromatic rings. The van der Waals surface area contributed by atoms with Crippen molar-refractivity contribution in [1.82, 2.24) is 15.1 Å². The molecule has 10 nitrogen and oxygen atoms in total. The van der Waals surface area contributed by atoms with Crippen LogP contribution in [0.2, 0.25) is 0 Å². The zero-order valence-electron chi connectivity index (χ0n) is 21.1. The van der Waals surface area contributed by atoms with Gasteiger partial charge in [-0.3, -0.25) is 24.3 Å². The van der Waals surface area contributed by atoms with Gasteiger partial charge in [-0.2, -0.15) is 0 Å². The predicted molar refractivity (Wildman–Crippen MR) is 137 cm³/mol. The largest absolute Gasteiger partial charge is 0.507 e. The zero-order chi connectivity index (χ0) is 27.5. The monoisotopic (exact) mass is 515 g/mol. The first-order chi connectivity index (χ1) is 18.0. The maximum absolute atomic E-state index is 13.9. The van der Waals surface area contributed by atoms with E-state index in [1.807, 2.05) is 18.2 Å². The first-order valence-electron chi connectivity index (χ1n) is 11.9. The fourth-order valence-corrected chi connectivity index (χ4v) is 4.98. The number of benzene rings is 2. The van der Waals surface area contributed by atoms with E-state index in [1.54, 1.807) is 19.1 Å². The van der Waals surface area contributed by atoms with Gasteiger partial charge in [0, 0.05) is 23.4 Å². The van der Waals surface area contributed by atoms with Gasteiger partial charge in [-0.05, 0) is 39.8 Å². The van der Waals surface area contributed by atoms with Crippen molar-refractivity contribution in [2.45, 2.75) is 39.7 Å². The van der Waals surface area contributed by atoms with E-state index in [-0.39, 0.29) is 57.3 Å². The third-order valence-corrected chi connectivity index (χ3v) is 7.09. The van der Waals surface area contributed by atoms with Gasteiger partial charge in [0.15, 0.2) is 17.3 Å². The van der Waals surface area contributed by atoms with E-state index < -0.39 is 28.5 Å². The number of H-pyrrole nitrogens is 1. The molecule has 0 radical (unpaired) electrons. The minimum absolute atomic E-state index is 0.0244. The maximum atomic E-state index is 13.9. The average molecular weight is 516 g/mol. The summed E-state index contributed by atoms with van der Waals surface area (Å²) < 4.78 is 7.15. The topological polar surface area (TPSA) is 151 Å². The summed E-state index contributed by atoms with van der Waals surface area (Å²) in [5.74, 6) is -2.77. The van der Waals surface area contributed by atoms with Crippen LogP contribution in [0.1, 0.15) is 48.0 Å². The van der Waals surface area contributed by atoms with Gasteiger partial charge in [-0.1, -0.05) is 18.2 Å². The van der Waals surface area contributed by atoms with Gasteiger partial charge in [0.05, 0.1) is 29.1 Å². The average Bonchev–Trinajstić information content (AvgIpc) is 3.39. The number of aromatic amines is 1. The van der Waals surface area contributed by atoms with Gasteiger partial charge >= 0.3 is 0 Å². The number of phenols is 2. The molecule has 0 saturated carbocycles. The number of aromatic nitrogens is 2. The van der Waals surface area contributed by atoms with E-state index in [0.29, 0.717) is 11.4 Å². The van der Waals surface area contributed by atoms with Gasteiger partial charge in [0.25, 0.3) is 5.56 Å². The summed E-state index contributed by atoms with van der Waals surface area (Å²) in [6.45, 7) is 5.85. The van der Waals surface area contributed by atoms with Gasteiger partial charge in [0.1, 0.15) is 34.0 Å². The van der Waals surface area contributed by atoms with E-state index in [4.69, 9.17) is 4.74 Å². The van der Waals surface area contributed by atoms with Crippen LogP contribution < -0.4 is 15.6 Å². The number of fused-ring (bicyclic) bond motifs is 3. The summed E-state index contributed by atoms with van der Waals surface area (Å²) in [7, 11) is 0. The lowest BCUT2D eigenvalue weighted by molar-refractivity contribution is -0.123. The van der Waals surface area contributed by atoms with Crippen molar-refractivity contribution in [3.63, 3.8) is 0 Å². The van der Waals surface area contributed by atoms with Crippen LogP contribution in [0.3, 0.4) is 0 Å². The number of nitrogens with zero attached hydrogens (tertiary/aromatic N) is 1. The van der Waals surface area contributed by atoms with Gasteiger partial charge in [-0.25, -0.2) is 4.68 Å². The molecule has 1 atom stereocenters. The molecular formula is C28H25N3O7. The van der Waals surface area contributed by atoms with Gasteiger partial charge in [0.2, 0.25) is 0 Å². The second-order valence-corrected chi connectivity index (χ2v) is 9.53. The van der Waals surface area contributed by atoms with Crippen LogP contribution >= 0.6 is 0 Å². The highest BCUT2D eigenvalue weighted by Crippen LogP contribution is 2.57. The molecule has 0 fully saturated rings. The molecule has 0 spiro atoms. The third-order valence-electron chi connectivity index (χ3n) is 7.09. The molecule has 2 heterocycles. The normalized spacial score (nSPS) is 19.4. The maximum Gasteiger partial charge on any atom is 0.271 e. The Balaban J connectivity index is 1.52. The van der Waals surface area contributed by atoms with E-state index in [1.165, 1.54) is 31.5 Å². The number of nitrogens with one attached hydrogen (secondary N) is 2. The molecule has 4 N–H and O–H groups in total. The molecule has 1 aliphatic heterocycles. The second kappa shape index (κ2) is 8.62. The van der Waals surface area contributed by atoms with E-state index in [9.17, 15) is 29.4 Å². The Morgan fingerprint density at radius 2 is 1.79 bits per heavy atom. The van der Waals surface area contributed by atoms with E-state index in [0.717, 1.165) is 6.08 Å². The number of phenolic OH excluding ortho intramolecular Hbond substituents is 2. The molecule has 1 aliphatic carbocycles. The minimum atomic E-state index is -1.60. The highest BCUT2D eigenvalue weighted by atomic mass is 16.5. The van der Waals surface area contributed by atoms with Crippen LogP contribution in [0.4, 0.5) is 0 Å². The Labute approximate surface area is 216 Å². The summed E-state index contributed by atoms with van der Waals surface area (Å²) in [4.78, 5) is 51.7. The number of hydrogen-bond donors (Lipinski definition) is 4. The standard InChI is InChI=1S/C28H25N3O7/c1-13-24(35)22(15(3)32)26-23(25(13)36)28(4)19(38-26)11-18(33)21(27(28)37)14(2)29-12-16-10-20(34)31(30-16)17-8-6-5-7-9-17/h5-11,29-30,35-36H,12H2,1-4H3/t28-/m0/s1. The molecule has 0 unspecified atom stereocenters. The Kier molecular flexibility index (Phi) is 5.63. The molecule has 2 aliphatic rings. The number of para-hydroxylation sites is 1. The molecule has 38 heavy (non-hydrogen) atoms. The molecule has 1 aromatic heterocycles. The fourth-order valence-electron chi connectivity index (χ4n) is 4.98. The summed E-state index contributed by atoms with van der Waals surface area (Å²) in [5, 5.41) is 27.4. The van der Waals surface area contributed by atoms with Crippen LogP contribution in [-0.2, 0) is 21.5 Å². The number of rotatable bonds is 5. The van der Waals surface area contributed by atoms with Crippen molar-refractivity contribution in [2.24, 2.45) is 0 Å². The van der Waals surface area contributed by atoms with Crippen LogP contribution in [0, 0.1) is 6.92 Å². The molecule has 0 bridgehead atoms. The van der Waals surface area contributed by atoms with E-state index >= 15 is 0 Å². The number of hydrogen-bond acceptors (Lipinski definition) is 8. The lowest BCUT2D eigenvalue weighted by Crippen LogP contribution is -2.41. The Morgan fingerprint density at radius 1 is 1.11 bits per heavy atom. The zero-order valence-corrected chi connectivity index (χ0v) is 21.1. The van der Waals surface area contributed by atoms with E-state index in [2.05, 4.69) is 10.4 Å². The molecule has 194 valence electrons. The van der Waals surface area contributed by atoms with Crippen molar-refractivity contribution in [1.29, 1.82) is 0 Å². The van der Waals surface area contributed by atoms with Crippen molar-refractivity contribution >= 4 is 17.3 Å². The first-order valence-corrected chi connectivity index (χ1v) is 11.9.